The number of para-hydroxylation sites is 1. The van der Waals surface area contributed by atoms with E-state index in [0.29, 0.717) is 10.7 Å². The van der Waals surface area contributed by atoms with Crippen molar-refractivity contribution in [3.05, 3.63) is 141 Å². The van der Waals surface area contributed by atoms with Crippen molar-refractivity contribution < 1.29 is 0 Å². The second-order valence-corrected chi connectivity index (χ2v) is 10.9. The monoisotopic (exact) mass is 569 g/mol. The molecule has 2 N–H and O–H groups in total. The minimum Gasteiger partial charge on any atom is -0.397 e. The van der Waals surface area contributed by atoms with Gasteiger partial charge in [0, 0.05) is 15.2 Å². The van der Waals surface area contributed by atoms with Crippen LogP contribution in [0.4, 0.5) is 5.69 Å². The van der Waals surface area contributed by atoms with E-state index in [1.165, 1.54) is 0 Å². The standard InChI is InChI=1S/C30H21BrClN3S/c31-21-12-10-20(11-13-21)28-24(19-6-2-1-3-7-19)18-25(33)29(35(28)23-16-14-22(32)15-17-23)30-34-26-8-4-5-9-27(26)36-30/h1-18,28H,33H2. The fourth-order valence-corrected chi connectivity index (χ4v) is 6.07. The summed E-state index contributed by atoms with van der Waals surface area (Å²) in [6, 6.07) is 34.9. The maximum atomic E-state index is 6.88. The van der Waals surface area contributed by atoms with E-state index in [9.17, 15) is 0 Å². The molecule has 1 aliphatic heterocycles. The normalized spacial score (nSPS) is 15.9. The van der Waals surface area contributed by atoms with Crippen LogP contribution in [-0.2, 0) is 0 Å². The number of rotatable bonds is 4. The summed E-state index contributed by atoms with van der Waals surface area (Å²) < 4.78 is 2.16. The molecule has 6 heteroatoms. The van der Waals surface area contributed by atoms with Crippen molar-refractivity contribution in [2.45, 2.75) is 6.04 Å². The molecule has 0 bridgehead atoms. The Balaban J connectivity index is 1.64. The lowest BCUT2D eigenvalue weighted by atomic mass is 9.87. The third kappa shape index (κ3) is 4.24. The molecule has 1 atom stereocenters. The summed E-state index contributed by atoms with van der Waals surface area (Å²) in [5.74, 6) is 0. The van der Waals surface area contributed by atoms with E-state index in [1.807, 2.05) is 48.5 Å². The van der Waals surface area contributed by atoms with Gasteiger partial charge >= 0.3 is 0 Å². The van der Waals surface area contributed by atoms with Crippen LogP contribution in [0.15, 0.2) is 119 Å². The average Bonchev–Trinajstić information content (AvgIpc) is 3.33. The second-order valence-electron chi connectivity index (χ2n) is 8.56. The maximum Gasteiger partial charge on any atom is 0.143 e. The molecule has 4 aromatic carbocycles. The fraction of sp³-hybridized carbons (Fsp3) is 0.0333. The first-order valence-electron chi connectivity index (χ1n) is 11.5. The van der Waals surface area contributed by atoms with Crippen molar-refractivity contribution in [1.29, 1.82) is 0 Å². The smallest absolute Gasteiger partial charge is 0.143 e. The minimum atomic E-state index is -0.129. The lowest BCUT2D eigenvalue weighted by Crippen LogP contribution is -2.33. The fourth-order valence-electron chi connectivity index (χ4n) is 4.65. The lowest BCUT2D eigenvalue weighted by Gasteiger charge is -2.40. The molecule has 0 fully saturated rings. The molecule has 36 heavy (non-hydrogen) atoms. The van der Waals surface area contributed by atoms with Gasteiger partial charge < -0.3 is 10.6 Å². The number of nitrogens with zero attached hydrogens (tertiary/aromatic N) is 2. The van der Waals surface area contributed by atoms with Gasteiger partial charge in [0.25, 0.3) is 0 Å². The molecule has 3 nitrogen and oxygen atoms in total. The highest BCUT2D eigenvalue weighted by atomic mass is 79.9. The molecule has 1 aromatic heterocycles. The third-order valence-corrected chi connectivity index (χ3v) is 8.10. The molecule has 1 unspecified atom stereocenters. The lowest BCUT2D eigenvalue weighted by molar-refractivity contribution is 0.857. The van der Waals surface area contributed by atoms with Gasteiger partial charge in [-0.3, -0.25) is 0 Å². The third-order valence-electron chi connectivity index (χ3n) is 6.27. The first kappa shape index (κ1) is 23.0. The number of hydrogen-bond donors (Lipinski definition) is 1. The summed E-state index contributed by atoms with van der Waals surface area (Å²) in [6.07, 6.45) is 2.11. The summed E-state index contributed by atoms with van der Waals surface area (Å²) >= 11 is 11.5. The minimum absolute atomic E-state index is 0.129. The van der Waals surface area contributed by atoms with Crippen LogP contribution in [0.25, 0.3) is 21.5 Å². The predicted octanol–water partition coefficient (Wildman–Crippen LogP) is 8.68. The van der Waals surface area contributed by atoms with E-state index >= 15 is 0 Å². The van der Waals surface area contributed by atoms with Crippen LogP contribution in [0, 0.1) is 0 Å². The Morgan fingerprint density at radius 1 is 0.833 bits per heavy atom. The quantitative estimate of drug-likeness (QED) is 0.235. The Kier molecular flexibility index (Phi) is 6.13. The van der Waals surface area contributed by atoms with Gasteiger partial charge in [0.2, 0.25) is 0 Å². The molecule has 1 aliphatic rings. The topological polar surface area (TPSA) is 42.1 Å². The summed E-state index contributed by atoms with van der Waals surface area (Å²) in [7, 11) is 0. The van der Waals surface area contributed by atoms with Crippen LogP contribution in [0.3, 0.4) is 0 Å². The van der Waals surface area contributed by atoms with Gasteiger partial charge in [0.15, 0.2) is 0 Å². The number of benzene rings is 4. The molecule has 176 valence electrons. The van der Waals surface area contributed by atoms with Crippen molar-refractivity contribution in [1.82, 2.24) is 4.98 Å². The van der Waals surface area contributed by atoms with E-state index in [0.717, 1.165) is 47.8 Å². The molecule has 5 aromatic rings. The zero-order chi connectivity index (χ0) is 24.6. The Hall–Kier alpha value is -3.38. The number of fused-ring (bicyclic) bond motifs is 1. The first-order chi connectivity index (χ1) is 17.6. The van der Waals surface area contributed by atoms with Crippen LogP contribution < -0.4 is 10.6 Å². The second kappa shape index (κ2) is 9.58. The average molecular weight is 571 g/mol. The van der Waals surface area contributed by atoms with Gasteiger partial charge in [-0.1, -0.05) is 82.1 Å². The van der Waals surface area contributed by atoms with Gasteiger partial charge in [0.1, 0.15) is 10.7 Å². The highest BCUT2D eigenvalue weighted by molar-refractivity contribution is 9.10. The first-order valence-corrected chi connectivity index (χ1v) is 13.5. The van der Waals surface area contributed by atoms with Crippen LogP contribution in [0.5, 0.6) is 0 Å². The number of aromatic nitrogens is 1. The van der Waals surface area contributed by atoms with Crippen molar-refractivity contribution in [2.24, 2.45) is 5.73 Å². The number of hydrogen-bond acceptors (Lipinski definition) is 4. The predicted molar refractivity (Wildman–Crippen MR) is 156 cm³/mol. The summed E-state index contributed by atoms with van der Waals surface area (Å²) in [4.78, 5) is 7.30. The zero-order valence-corrected chi connectivity index (χ0v) is 22.3. The van der Waals surface area contributed by atoms with Crippen molar-refractivity contribution in [3.63, 3.8) is 0 Å². The number of halogens is 2. The van der Waals surface area contributed by atoms with E-state index in [2.05, 4.69) is 81.5 Å². The van der Waals surface area contributed by atoms with E-state index in [1.54, 1.807) is 11.3 Å². The number of allylic oxidation sites excluding steroid dienone is 1. The Bertz CT molecular complexity index is 1570. The number of anilines is 1. The Morgan fingerprint density at radius 2 is 1.53 bits per heavy atom. The molecule has 0 spiro atoms. The molecule has 0 saturated heterocycles. The van der Waals surface area contributed by atoms with Crippen molar-refractivity contribution in [2.75, 3.05) is 4.90 Å². The van der Waals surface area contributed by atoms with E-state index in [4.69, 9.17) is 22.3 Å². The maximum absolute atomic E-state index is 6.88. The van der Waals surface area contributed by atoms with E-state index in [-0.39, 0.29) is 6.04 Å². The summed E-state index contributed by atoms with van der Waals surface area (Å²) in [5.41, 5.74) is 13.8. The highest BCUT2D eigenvalue weighted by Crippen LogP contribution is 2.48. The largest absolute Gasteiger partial charge is 0.397 e. The van der Waals surface area contributed by atoms with Crippen LogP contribution in [0.2, 0.25) is 5.02 Å². The summed E-state index contributed by atoms with van der Waals surface area (Å²) in [6.45, 7) is 0. The molecule has 2 heterocycles. The van der Waals surface area contributed by atoms with Crippen molar-refractivity contribution in [3.8, 4) is 0 Å². The molecule has 0 radical (unpaired) electrons. The molecule has 0 saturated carbocycles. The SMILES string of the molecule is NC1=C(c2nc3ccccc3s2)N(c2ccc(Cl)cc2)C(c2ccc(Br)cc2)C(c2ccccc2)=C1. The zero-order valence-electron chi connectivity index (χ0n) is 19.1. The molecular weight excluding hydrogens is 550 g/mol. The van der Waals surface area contributed by atoms with Crippen molar-refractivity contribution >= 4 is 66.0 Å². The number of nitrogens with two attached hydrogens (primary N) is 1. The van der Waals surface area contributed by atoms with Gasteiger partial charge in [-0.15, -0.1) is 11.3 Å². The van der Waals surface area contributed by atoms with Crippen LogP contribution in [0.1, 0.15) is 22.2 Å². The van der Waals surface area contributed by atoms with Gasteiger partial charge in [-0.2, -0.15) is 0 Å². The van der Waals surface area contributed by atoms with Crippen LogP contribution >= 0.6 is 38.9 Å². The molecular formula is C30H21BrClN3S. The molecule has 0 aliphatic carbocycles. The molecule has 0 amide bonds. The van der Waals surface area contributed by atoms with Gasteiger partial charge in [-0.25, -0.2) is 4.98 Å². The highest BCUT2D eigenvalue weighted by Gasteiger charge is 2.35. The Labute approximate surface area is 227 Å². The van der Waals surface area contributed by atoms with E-state index < -0.39 is 0 Å². The van der Waals surface area contributed by atoms with Gasteiger partial charge in [0.05, 0.1) is 22.0 Å². The molecule has 6 rings (SSSR count). The van der Waals surface area contributed by atoms with Crippen LogP contribution in [-0.4, -0.2) is 4.98 Å². The summed E-state index contributed by atoms with van der Waals surface area (Å²) in [5, 5.41) is 1.57. The number of thiazole rings is 1. The Morgan fingerprint density at radius 3 is 2.25 bits per heavy atom. The van der Waals surface area contributed by atoms with Gasteiger partial charge in [-0.05, 0) is 71.3 Å².